The molecule has 7 heteroatoms. The van der Waals surface area contributed by atoms with E-state index >= 15 is 0 Å². The summed E-state index contributed by atoms with van der Waals surface area (Å²) in [6.45, 7) is 4.22. The predicted molar refractivity (Wildman–Crippen MR) is 117 cm³/mol. The minimum Gasteiger partial charge on any atom is -0.280 e. The molecule has 0 radical (unpaired) electrons. The molecule has 28 heavy (non-hydrogen) atoms. The molecule has 0 bridgehead atoms. The first kappa shape index (κ1) is 19.0. The minimum absolute atomic E-state index is 0.309. The lowest BCUT2D eigenvalue weighted by atomic mass is 10.2. The zero-order chi connectivity index (χ0) is 20.0. The Bertz CT molecular complexity index is 1300. The molecule has 2 aromatic heterocycles. The summed E-state index contributed by atoms with van der Waals surface area (Å²) in [4.78, 5) is 28.3. The maximum Gasteiger partial charge on any atom is 0.337 e. The molecule has 2 aromatic carbocycles. The highest BCUT2D eigenvalue weighted by molar-refractivity contribution is 7.18. The van der Waals surface area contributed by atoms with Crippen LogP contribution < -0.4 is 11.2 Å². The normalized spacial score (nSPS) is 11.3. The molecule has 0 aliphatic rings. The van der Waals surface area contributed by atoms with E-state index in [0.717, 1.165) is 16.0 Å². The van der Waals surface area contributed by atoms with E-state index in [1.807, 2.05) is 26.0 Å². The molecule has 4 nitrogen and oxygen atoms in total. The van der Waals surface area contributed by atoms with Crippen molar-refractivity contribution in [2.24, 2.45) is 0 Å². The molecule has 0 aliphatic heterocycles. The highest BCUT2D eigenvalue weighted by Crippen LogP contribution is 2.27. The van der Waals surface area contributed by atoms with Gasteiger partial charge in [-0.2, -0.15) is 0 Å². The van der Waals surface area contributed by atoms with E-state index in [0.29, 0.717) is 32.5 Å². The molecule has 142 valence electrons. The summed E-state index contributed by atoms with van der Waals surface area (Å²) in [6.07, 6.45) is 0. The van der Waals surface area contributed by atoms with Crippen molar-refractivity contribution in [1.29, 1.82) is 0 Å². The second-order valence-electron chi connectivity index (χ2n) is 6.58. The summed E-state index contributed by atoms with van der Waals surface area (Å²) in [5, 5.41) is 1.75. The van der Waals surface area contributed by atoms with Gasteiger partial charge in [-0.1, -0.05) is 35.3 Å². The minimum atomic E-state index is -0.379. The topological polar surface area (TPSA) is 44.0 Å². The third kappa shape index (κ3) is 3.20. The average molecular weight is 431 g/mol. The van der Waals surface area contributed by atoms with Crippen molar-refractivity contribution >= 4 is 44.8 Å². The molecule has 0 spiro atoms. The van der Waals surface area contributed by atoms with Crippen LogP contribution in [0.25, 0.3) is 15.9 Å². The third-order valence-electron chi connectivity index (χ3n) is 4.79. The summed E-state index contributed by atoms with van der Waals surface area (Å²) in [5.74, 6) is 0. The fourth-order valence-corrected chi connectivity index (χ4v) is 4.58. The van der Waals surface area contributed by atoms with Crippen molar-refractivity contribution < 1.29 is 0 Å². The van der Waals surface area contributed by atoms with Crippen molar-refractivity contribution in [3.63, 3.8) is 0 Å². The molecule has 2 heterocycles. The number of halogens is 2. The van der Waals surface area contributed by atoms with Gasteiger partial charge in [-0.15, -0.1) is 11.3 Å². The number of aryl methyl sites for hydroxylation is 2. The number of hydrogen-bond acceptors (Lipinski definition) is 3. The number of thiophene rings is 1. The quantitative estimate of drug-likeness (QED) is 0.448. The van der Waals surface area contributed by atoms with Crippen molar-refractivity contribution in [2.75, 3.05) is 0 Å². The van der Waals surface area contributed by atoms with Crippen LogP contribution in [0.5, 0.6) is 0 Å². The molecule has 0 N–H and O–H groups in total. The first-order valence-corrected chi connectivity index (χ1v) is 10.2. The Morgan fingerprint density at radius 2 is 1.46 bits per heavy atom. The smallest absolute Gasteiger partial charge is 0.280 e. The molecule has 0 atom stereocenters. The van der Waals surface area contributed by atoms with Crippen LogP contribution >= 0.6 is 34.5 Å². The van der Waals surface area contributed by atoms with Crippen LogP contribution in [-0.2, 0) is 6.54 Å². The van der Waals surface area contributed by atoms with Gasteiger partial charge in [0.1, 0.15) is 4.83 Å². The molecular formula is C21H16Cl2N2O2S. The lowest BCUT2D eigenvalue weighted by Gasteiger charge is -2.13. The molecular weight excluding hydrogens is 415 g/mol. The first-order valence-electron chi connectivity index (χ1n) is 8.63. The number of fused-ring (bicyclic) bond motifs is 1. The van der Waals surface area contributed by atoms with Gasteiger partial charge in [-0.25, -0.2) is 9.36 Å². The molecule has 0 amide bonds. The Morgan fingerprint density at radius 3 is 2.07 bits per heavy atom. The molecule has 0 saturated heterocycles. The van der Waals surface area contributed by atoms with E-state index in [9.17, 15) is 9.59 Å². The van der Waals surface area contributed by atoms with Crippen molar-refractivity contribution in [3.8, 4) is 5.69 Å². The Labute approximate surface area is 175 Å². The monoisotopic (exact) mass is 430 g/mol. The predicted octanol–water partition coefficient (Wildman–Crippen LogP) is 5.19. The third-order valence-corrected chi connectivity index (χ3v) is 6.52. The van der Waals surface area contributed by atoms with Crippen LogP contribution in [-0.4, -0.2) is 9.13 Å². The lowest BCUT2D eigenvalue weighted by Crippen LogP contribution is -2.38. The second kappa shape index (κ2) is 7.24. The van der Waals surface area contributed by atoms with Crippen LogP contribution in [0.2, 0.25) is 10.0 Å². The van der Waals surface area contributed by atoms with Crippen LogP contribution in [0, 0.1) is 13.8 Å². The van der Waals surface area contributed by atoms with Gasteiger partial charge in [-0.05, 0) is 61.4 Å². The van der Waals surface area contributed by atoms with Gasteiger partial charge in [0.25, 0.3) is 5.56 Å². The Balaban J connectivity index is 2.04. The number of nitrogens with zero attached hydrogens (tertiary/aromatic N) is 2. The van der Waals surface area contributed by atoms with Crippen LogP contribution in [0.3, 0.4) is 0 Å². The van der Waals surface area contributed by atoms with Gasteiger partial charge < -0.3 is 0 Å². The Hall–Kier alpha value is -2.34. The fourth-order valence-electron chi connectivity index (χ4n) is 3.19. The molecule has 0 aliphatic carbocycles. The van der Waals surface area contributed by atoms with Gasteiger partial charge in [0.2, 0.25) is 0 Å². The standard InChI is InChI=1S/C21H16Cl2N2O2S/c1-12-13(2)28-20-18(12)19(26)25(17-9-7-16(23)8-10-17)21(27)24(20)11-14-3-5-15(22)6-4-14/h3-10H,11H2,1-2H3. The Kier molecular flexibility index (Phi) is 4.91. The van der Waals surface area contributed by atoms with Crippen molar-refractivity contribution in [2.45, 2.75) is 20.4 Å². The summed E-state index contributed by atoms with van der Waals surface area (Å²) in [6, 6.07) is 14.0. The van der Waals surface area contributed by atoms with Crippen LogP contribution in [0.15, 0.2) is 58.1 Å². The number of aromatic nitrogens is 2. The zero-order valence-corrected chi connectivity index (χ0v) is 17.5. The van der Waals surface area contributed by atoms with E-state index in [1.54, 1.807) is 41.0 Å². The van der Waals surface area contributed by atoms with Crippen LogP contribution in [0.4, 0.5) is 0 Å². The SMILES string of the molecule is Cc1sc2c(c1C)c(=O)n(-c1ccc(Cl)cc1)c(=O)n2Cc1ccc(Cl)cc1. The lowest BCUT2D eigenvalue weighted by molar-refractivity contribution is 0.719. The summed E-state index contributed by atoms with van der Waals surface area (Å²) in [7, 11) is 0. The molecule has 4 rings (SSSR count). The van der Waals surface area contributed by atoms with Gasteiger partial charge in [0.15, 0.2) is 0 Å². The van der Waals surface area contributed by atoms with Gasteiger partial charge in [0.05, 0.1) is 17.6 Å². The molecule has 0 saturated carbocycles. The number of benzene rings is 2. The summed E-state index contributed by atoms with van der Waals surface area (Å²) < 4.78 is 2.87. The molecule has 0 fully saturated rings. The van der Waals surface area contributed by atoms with Crippen molar-refractivity contribution in [1.82, 2.24) is 9.13 Å². The van der Waals surface area contributed by atoms with Crippen molar-refractivity contribution in [3.05, 3.63) is 95.4 Å². The second-order valence-corrected chi connectivity index (χ2v) is 8.65. The van der Waals surface area contributed by atoms with E-state index < -0.39 is 0 Å². The fraction of sp³-hybridized carbons (Fsp3) is 0.143. The molecule has 0 unspecified atom stereocenters. The van der Waals surface area contributed by atoms with E-state index in [-0.39, 0.29) is 11.2 Å². The van der Waals surface area contributed by atoms with Gasteiger partial charge in [-0.3, -0.25) is 9.36 Å². The highest BCUT2D eigenvalue weighted by Gasteiger charge is 2.19. The number of hydrogen-bond donors (Lipinski definition) is 0. The van der Waals surface area contributed by atoms with Gasteiger partial charge in [0, 0.05) is 14.9 Å². The summed E-state index contributed by atoms with van der Waals surface area (Å²) in [5.41, 5.74) is 1.64. The maximum atomic E-state index is 13.4. The van der Waals surface area contributed by atoms with E-state index in [2.05, 4.69) is 0 Å². The highest BCUT2D eigenvalue weighted by atomic mass is 35.5. The average Bonchev–Trinajstić information content (AvgIpc) is 2.97. The van der Waals surface area contributed by atoms with Gasteiger partial charge >= 0.3 is 5.69 Å². The Morgan fingerprint density at radius 1 is 0.893 bits per heavy atom. The van der Waals surface area contributed by atoms with E-state index in [1.165, 1.54) is 15.9 Å². The maximum absolute atomic E-state index is 13.4. The molecule has 4 aromatic rings. The van der Waals surface area contributed by atoms with Crippen LogP contribution in [0.1, 0.15) is 16.0 Å². The zero-order valence-electron chi connectivity index (χ0n) is 15.2. The first-order chi connectivity index (χ1) is 13.4. The number of rotatable bonds is 3. The summed E-state index contributed by atoms with van der Waals surface area (Å²) >= 11 is 13.4. The largest absolute Gasteiger partial charge is 0.337 e. The van der Waals surface area contributed by atoms with E-state index in [4.69, 9.17) is 23.2 Å².